The van der Waals surface area contributed by atoms with Crippen LogP contribution in [0.5, 0.6) is 0 Å². The highest BCUT2D eigenvalue weighted by Gasteiger charge is 2.03. The first kappa shape index (κ1) is 16.1. The van der Waals surface area contributed by atoms with Crippen LogP contribution in [0.1, 0.15) is 18.2 Å². The molecule has 0 saturated carbocycles. The summed E-state index contributed by atoms with van der Waals surface area (Å²) in [4.78, 5) is 13.9. The summed E-state index contributed by atoms with van der Waals surface area (Å²) < 4.78 is 0. The number of hydrazone groups is 1. The van der Waals surface area contributed by atoms with Crippen molar-refractivity contribution in [3.8, 4) is 0 Å². The van der Waals surface area contributed by atoms with Crippen molar-refractivity contribution < 1.29 is 4.79 Å². The molecule has 21 heavy (non-hydrogen) atoms. The normalized spacial score (nSPS) is 11.4. The summed E-state index contributed by atoms with van der Waals surface area (Å²) in [5.74, 6) is 0.633. The van der Waals surface area contributed by atoms with Gasteiger partial charge in [-0.3, -0.25) is 4.79 Å². The van der Waals surface area contributed by atoms with E-state index in [2.05, 4.69) is 10.5 Å². The average Bonchev–Trinajstić information content (AvgIpc) is 3.01. The van der Waals surface area contributed by atoms with Gasteiger partial charge in [-0.05, 0) is 42.6 Å². The Morgan fingerprint density at radius 3 is 2.76 bits per heavy atom. The van der Waals surface area contributed by atoms with Crippen LogP contribution in [0.15, 0.2) is 51.8 Å². The lowest BCUT2D eigenvalue weighted by Crippen LogP contribution is -2.19. The standard InChI is InChI=1S/C15H15ClN2OS2/c1-11(14-3-2-9-21-14)17-18-15(19)8-10-20-13-6-4-12(16)5-7-13/h2-7,9H,8,10H2,1H3,(H,18,19)/b17-11-. The van der Waals surface area contributed by atoms with E-state index >= 15 is 0 Å². The summed E-state index contributed by atoms with van der Waals surface area (Å²) in [7, 11) is 0. The molecule has 0 fully saturated rings. The second-order valence-electron chi connectivity index (χ2n) is 4.26. The Labute approximate surface area is 137 Å². The molecule has 1 aromatic heterocycles. The molecule has 0 aliphatic rings. The highest BCUT2D eigenvalue weighted by Crippen LogP contribution is 2.20. The van der Waals surface area contributed by atoms with E-state index in [0.29, 0.717) is 12.2 Å². The third-order valence-electron chi connectivity index (χ3n) is 2.64. The largest absolute Gasteiger partial charge is 0.273 e. The van der Waals surface area contributed by atoms with Gasteiger partial charge < -0.3 is 0 Å². The average molecular weight is 339 g/mol. The second-order valence-corrected chi connectivity index (χ2v) is 6.81. The molecule has 6 heteroatoms. The van der Waals surface area contributed by atoms with E-state index in [9.17, 15) is 4.79 Å². The van der Waals surface area contributed by atoms with Crippen LogP contribution < -0.4 is 5.43 Å². The third kappa shape index (κ3) is 5.53. The van der Waals surface area contributed by atoms with Gasteiger partial charge >= 0.3 is 0 Å². The lowest BCUT2D eigenvalue weighted by Gasteiger charge is -2.02. The van der Waals surface area contributed by atoms with Gasteiger partial charge in [-0.1, -0.05) is 17.7 Å². The van der Waals surface area contributed by atoms with E-state index in [0.717, 1.165) is 20.5 Å². The Balaban J connectivity index is 1.72. The number of amides is 1. The number of rotatable bonds is 6. The molecule has 0 aliphatic heterocycles. The first-order valence-electron chi connectivity index (χ1n) is 6.40. The molecule has 3 nitrogen and oxygen atoms in total. The van der Waals surface area contributed by atoms with Gasteiger partial charge in [0.05, 0.1) is 5.71 Å². The number of thioether (sulfide) groups is 1. The minimum atomic E-state index is -0.0765. The van der Waals surface area contributed by atoms with Crippen LogP contribution >= 0.6 is 34.7 Å². The topological polar surface area (TPSA) is 41.5 Å². The number of nitrogens with zero attached hydrogens (tertiary/aromatic N) is 1. The predicted molar refractivity (Wildman–Crippen MR) is 91.5 cm³/mol. The SMILES string of the molecule is C/C(=N/NC(=O)CCSc1ccc(Cl)cc1)c1cccs1. The van der Waals surface area contributed by atoms with Gasteiger partial charge in [-0.2, -0.15) is 5.10 Å². The Bertz CT molecular complexity index is 609. The Morgan fingerprint density at radius 2 is 2.10 bits per heavy atom. The predicted octanol–water partition coefficient (Wildman–Crippen LogP) is 4.42. The van der Waals surface area contributed by atoms with Crippen molar-refractivity contribution in [3.05, 3.63) is 51.7 Å². The summed E-state index contributed by atoms with van der Waals surface area (Å²) >= 11 is 9.05. The molecule has 2 rings (SSSR count). The van der Waals surface area contributed by atoms with Gasteiger partial charge in [0, 0.05) is 27.0 Å². The smallest absolute Gasteiger partial charge is 0.240 e. The van der Waals surface area contributed by atoms with Crippen molar-refractivity contribution in [2.75, 3.05) is 5.75 Å². The fourth-order valence-electron chi connectivity index (χ4n) is 1.53. The molecule has 1 heterocycles. The fourth-order valence-corrected chi connectivity index (χ4v) is 3.19. The van der Waals surface area contributed by atoms with E-state index in [4.69, 9.17) is 11.6 Å². The first-order chi connectivity index (χ1) is 10.1. The minimum Gasteiger partial charge on any atom is -0.273 e. The van der Waals surface area contributed by atoms with Crippen LogP contribution in [-0.4, -0.2) is 17.4 Å². The molecule has 1 N–H and O–H groups in total. The lowest BCUT2D eigenvalue weighted by atomic mass is 10.3. The zero-order valence-electron chi connectivity index (χ0n) is 11.5. The molecule has 0 bridgehead atoms. The summed E-state index contributed by atoms with van der Waals surface area (Å²) in [6.45, 7) is 1.88. The van der Waals surface area contributed by atoms with Crippen LogP contribution in [0.25, 0.3) is 0 Å². The van der Waals surface area contributed by atoms with Crippen molar-refractivity contribution >= 4 is 46.3 Å². The maximum Gasteiger partial charge on any atom is 0.240 e. The van der Waals surface area contributed by atoms with Gasteiger partial charge in [0.1, 0.15) is 0 Å². The molecule has 1 aromatic carbocycles. The molecule has 0 saturated heterocycles. The zero-order chi connectivity index (χ0) is 15.1. The molecular weight excluding hydrogens is 324 g/mol. The lowest BCUT2D eigenvalue weighted by molar-refractivity contribution is -0.120. The molecular formula is C15H15ClN2OS2. The Morgan fingerprint density at radius 1 is 1.33 bits per heavy atom. The number of halogens is 1. The fraction of sp³-hybridized carbons (Fsp3) is 0.200. The van der Waals surface area contributed by atoms with E-state index in [1.807, 2.05) is 48.7 Å². The van der Waals surface area contributed by atoms with Gasteiger partial charge in [0.25, 0.3) is 0 Å². The van der Waals surface area contributed by atoms with Crippen molar-refractivity contribution in [1.82, 2.24) is 5.43 Å². The van der Waals surface area contributed by atoms with E-state index in [1.165, 1.54) is 0 Å². The maximum absolute atomic E-state index is 11.7. The molecule has 2 aromatic rings. The number of hydrogen-bond donors (Lipinski definition) is 1. The minimum absolute atomic E-state index is 0.0765. The molecule has 1 amide bonds. The monoisotopic (exact) mass is 338 g/mol. The Hall–Kier alpha value is -1.30. The van der Waals surface area contributed by atoms with Crippen molar-refractivity contribution in [1.29, 1.82) is 0 Å². The highest BCUT2D eigenvalue weighted by molar-refractivity contribution is 7.99. The number of carbonyl (C=O) groups is 1. The number of hydrogen-bond acceptors (Lipinski definition) is 4. The van der Waals surface area contributed by atoms with Crippen LogP contribution in [0.4, 0.5) is 0 Å². The summed E-state index contributed by atoms with van der Waals surface area (Å²) in [6, 6.07) is 11.5. The van der Waals surface area contributed by atoms with Crippen molar-refractivity contribution in [2.24, 2.45) is 5.10 Å². The number of carbonyl (C=O) groups excluding carboxylic acids is 1. The van der Waals surface area contributed by atoms with Gasteiger partial charge in [-0.15, -0.1) is 23.1 Å². The zero-order valence-corrected chi connectivity index (χ0v) is 13.9. The van der Waals surface area contributed by atoms with E-state index in [1.54, 1.807) is 23.1 Å². The molecule has 0 spiro atoms. The van der Waals surface area contributed by atoms with Crippen LogP contribution in [0.3, 0.4) is 0 Å². The van der Waals surface area contributed by atoms with Crippen LogP contribution in [-0.2, 0) is 4.79 Å². The number of nitrogens with one attached hydrogen (secondary N) is 1. The third-order valence-corrected chi connectivity index (χ3v) is 4.88. The van der Waals surface area contributed by atoms with E-state index in [-0.39, 0.29) is 5.91 Å². The molecule has 0 aliphatic carbocycles. The van der Waals surface area contributed by atoms with Crippen LogP contribution in [0.2, 0.25) is 5.02 Å². The molecule has 0 radical (unpaired) electrons. The highest BCUT2D eigenvalue weighted by atomic mass is 35.5. The maximum atomic E-state index is 11.7. The van der Waals surface area contributed by atoms with Crippen molar-refractivity contribution in [3.63, 3.8) is 0 Å². The summed E-state index contributed by atoms with van der Waals surface area (Å²) in [6.07, 6.45) is 0.425. The van der Waals surface area contributed by atoms with Crippen LogP contribution in [0, 0.1) is 0 Å². The molecule has 0 unspecified atom stereocenters. The number of benzene rings is 1. The summed E-state index contributed by atoms with van der Waals surface area (Å²) in [5, 5.41) is 6.81. The quantitative estimate of drug-likeness (QED) is 0.481. The second kappa shape index (κ2) is 8.22. The summed E-state index contributed by atoms with van der Waals surface area (Å²) in [5.41, 5.74) is 3.41. The van der Waals surface area contributed by atoms with Gasteiger partial charge in [-0.25, -0.2) is 5.43 Å². The number of thiophene rings is 1. The van der Waals surface area contributed by atoms with Gasteiger partial charge in [0.15, 0.2) is 0 Å². The first-order valence-corrected chi connectivity index (χ1v) is 8.65. The Kier molecular flexibility index (Phi) is 6.29. The van der Waals surface area contributed by atoms with E-state index < -0.39 is 0 Å². The van der Waals surface area contributed by atoms with Crippen molar-refractivity contribution in [2.45, 2.75) is 18.2 Å². The molecule has 110 valence electrons. The van der Waals surface area contributed by atoms with Gasteiger partial charge in [0.2, 0.25) is 5.91 Å². The molecule has 0 atom stereocenters.